The third-order valence-electron chi connectivity index (χ3n) is 6.80. The van der Waals surface area contributed by atoms with Crippen LogP contribution in [0.2, 0.25) is 5.02 Å². The lowest BCUT2D eigenvalue weighted by atomic mass is 9.78. The van der Waals surface area contributed by atoms with Crippen LogP contribution >= 0.6 is 11.6 Å². The molecular weight excluding hydrogens is 446 g/mol. The quantitative estimate of drug-likeness (QED) is 0.361. The Balaban J connectivity index is 1.96. The van der Waals surface area contributed by atoms with Gasteiger partial charge >= 0.3 is 5.97 Å². The Labute approximate surface area is 207 Å². The summed E-state index contributed by atoms with van der Waals surface area (Å²) in [5, 5.41) is 0.557. The summed E-state index contributed by atoms with van der Waals surface area (Å²) in [4.78, 5) is 21.9. The fourth-order valence-electron chi connectivity index (χ4n) is 5.04. The Morgan fingerprint density at radius 3 is 2.00 bits per heavy atom. The van der Waals surface area contributed by atoms with Gasteiger partial charge in [0.15, 0.2) is 11.3 Å². The lowest BCUT2D eigenvalue weighted by molar-refractivity contribution is 0.0247. The molecule has 1 atom stereocenters. The number of halogens is 1. The van der Waals surface area contributed by atoms with Crippen LogP contribution in [0, 0.1) is 6.92 Å². The first-order valence-electron chi connectivity index (χ1n) is 12.0. The van der Waals surface area contributed by atoms with E-state index in [2.05, 4.69) is 73.7 Å². The van der Waals surface area contributed by atoms with Crippen molar-refractivity contribution in [1.82, 2.24) is 4.98 Å². The zero-order valence-corrected chi connectivity index (χ0v) is 21.3. The maximum atomic E-state index is 13.0. The van der Waals surface area contributed by atoms with Crippen LogP contribution in [0.5, 0.6) is 0 Å². The number of esters is 1. The number of carbonyl (C=O) groups excluding carboxylic acids is 1. The molecule has 0 amide bonds. The topological polar surface area (TPSA) is 45.7 Å². The summed E-state index contributed by atoms with van der Waals surface area (Å²) in [6, 6.07) is 16.1. The largest absolute Gasteiger partial charge is 0.439 e. The Kier molecular flexibility index (Phi) is 6.85. The second-order valence-electron chi connectivity index (χ2n) is 8.48. The van der Waals surface area contributed by atoms with Crippen molar-refractivity contribution in [3.8, 4) is 0 Å². The number of ether oxygens (including phenoxy) is 1. The molecule has 0 spiro atoms. The molecule has 178 valence electrons. The van der Waals surface area contributed by atoms with Gasteiger partial charge in [-0.1, -0.05) is 29.8 Å². The van der Waals surface area contributed by atoms with Gasteiger partial charge in [0.25, 0.3) is 0 Å². The zero-order chi connectivity index (χ0) is 24.5. The monoisotopic (exact) mass is 477 g/mol. The molecule has 6 heteroatoms. The van der Waals surface area contributed by atoms with E-state index in [-0.39, 0.29) is 0 Å². The Bertz CT molecular complexity index is 1140. The van der Waals surface area contributed by atoms with Gasteiger partial charge in [0.2, 0.25) is 0 Å². The number of benzene rings is 2. The van der Waals surface area contributed by atoms with Crippen LogP contribution in [0.25, 0.3) is 0 Å². The van der Waals surface area contributed by atoms with Gasteiger partial charge in [0.1, 0.15) is 0 Å². The SMILES string of the molecule is CCN(CC)c1ccc(C2(c3ccc(N(CC)CC)cc3Cl)OC(=O)c3ncccc32)c(C)c1. The molecule has 0 fully saturated rings. The van der Waals surface area contributed by atoms with E-state index in [0.29, 0.717) is 10.7 Å². The summed E-state index contributed by atoms with van der Waals surface area (Å²) < 4.78 is 6.25. The van der Waals surface area contributed by atoms with Crippen molar-refractivity contribution in [1.29, 1.82) is 0 Å². The number of carbonyl (C=O) groups is 1. The van der Waals surface area contributed by atoms with Crippen LogP contribution in [0.1, 0.15) is 60.4 Å². The van der Waals surface area contributed by atoms with Crippen molar-refractivity contribution in [2.24, 2.45) is 0 Å². The van der Waals surface area contributed by atoms with Crippen LogP contribution in [0.4, 0.5) is 11.4 Å². The lowest BCUT2D eigenvalue weighted by Gasteiger charge is -2.33. The highest BCUT2D eigenvalue weighted by Crippen LogP contribution is 2.50. The number of fused-ring (bicyclic) bond motifs is 1. The van der Waals surface area contributed by atoms with E-state index in [1.165, 1.54) is 0 Å². The molecule has 5 nitrogen and oxygen atoms in total. The molecule has 0 saturated heterocycles. The number of anilines is 2. The van der Waals surface area contributed by atoms with Crippen molar-refractivity contribution in [2.75, 3.05) is 36.0 Å². The maximum absolute atomic E-state index is 13.0. The van der Waals surface area contributed by atoms with Crippen molar-refractivity contribution in [2.45, 2.75) is 40.2 Å². The smallest absolute Gasteiger partial charge is 0.358 e. The predicted molar refractivity (Wildman–Crippen MR) is 139 cm³/mol. The standard InChI is InChI=1S/C28H32ClN3O2/c1-6-31(7-2)20-12-14-22(19(5)17-20)28(24-11-10-16-30-26(24)27(33)34-28)23-15-13-21(18-25(23)29)32(8-3)9-4/h10-18H,6-9H2,1-5H3. The van der Waals surface area contributed by atoms with Crippen molar-refractivity contribution in [3.63, 3.8) is 0 Å². The molecule has 4 rings (SSSR count). The minimum atomic E-state index is -1.16. The van der Waals surface area contributed by atoms with E-state index < -0.39 is 11.6 Å². The fraction of sp³-hybridized carbons (Fsp3) is 0.357. The van der Waals surface area contributed by atoms with E-state index in [1.54, 1.807) is 6.20 Å². The molecule has 0 saturated carbocycles. The number of hydrogen-bond acceptors (Lipinski definition) is 5. The van der Waals surface area contributed by atoms with E-state index in [0.717, 1.165) is 59.8 Å². The van der Waals surface area contributed by atoms with Gasteiger partial charge in [-0.05, 0) is 70.5 Å². The normalized spacial score (nSPS) is 16.8. The fourth-order valence-corrected chi connectivity index (χ4v) is 5.35. The first-order chi connectivity index (χ1) is 16.4. The van der Waals surface area contributed by atoms with Gasteiger partial charge in [-0.2, -0.15) is 0 Å². The van der Waals surface area contributed by atoms with Gasteiger partial charge in [-0.15, -0.1) is 0 Å². The van der Waals surface area contributed by atoms with Crippen LogP contribution in [0.3, 0.4) is 0 Å². The number of rotatable bonds is 8. The molecule has 34 heavy (non-hydrogen) atoms. The molecule has 2 heterocycles. The average molecular weight is 478 g/mol. The lowest BCUT2D eigenvalue weighted by Crippen LogP contribution is -2.31. The highest BCUT2D eigenvalue weighted by Gasteiger charge is 2.51. The number of aryl methyl sites for hydroxylation is 1. The number of cyclic esters (lactones) is 1. The molecule has 1 aromatic heterocycles. The summed E-state index contributed by atoms with van der Waals surface area (Å²) >= 11 is 6.95. The Morgan fingerprint density at radius 1 is 0.853 bits per heavy atom. The van der Waals surface area contributed by atoms with Gasteiger partial charge in [0.05, 0.1) is 5.02 Å². The number of hydrogen-bond donors (Lipinski definition) is 0. The maximum Gasteiger partial charge on any atom is 0.358 e. The van der Waals surface area contributed by atoms with Crippen LogP contribution in [-0.2, 0) is 10.3 Å². The van der Waals surface area contributed by atoms with E-state index in [9.17, 15) is 4.79 Å². The summed E-state index contributed by atoms with van der Waals surface area (Å²) in [5.74, 6) is -0.438. The van der Waals surface area contributed by atoms with Crippen molar-refractivity contribution in [3.05, 3.63) is 87.7 Å². The minimum absolute atomic E-state index is 0.332. The highest BCUT2D eigenvalue weighted by atomic mass is 35.5. The molecule has 1 aliphatic rings. The van der Waals surface area contributed by atoms with Gasteiger partial charge in [-0.25, -0.2) is 9.78 Å². The molecule has 0 aliphatic carbocycles. The molecule has 0 N–H and O–H groups in total. The van der Waals surface area contributed by atoms with Gasteiger partial charge < -0.3 is 14.5 Å². The van der Waals surface area contributed by atoms with Crippen LogP contribution in [0.15, 0.2) is 54.7 Å². The van der Waals surface area contributed by atoms with Gasteiger partial charge in [0, 0.05) is 60.4 Å². The second-order valence-corrected chi connectivity index (χ2v) is 8.89. The van der Waals surface area contributed by atoms with E-state index in [4.69, 9.17) is 16.3 Å². The first-order valence-corrected chi connectivity index (χ1v) is 12.4. The number of pyridine rings is 1. The molecule has 0 radical (unpaired) electrons. The highest BCUT2D eigenvalue weighted by molar-refractivity contribution is 6.32. The third kappa shape index (κ3) is 3.82. The predicted octanol–water partition coefficient (Wildman–Crippen LogP) is 6.20. The third-order valence-corrected chi connectivity index (χ3v) is 7.12. The van der Waals surface area contributed by atoms with Crippen LogP contribution < -0.4 is 9.80 Å². The van der Waals surface area contributed by atoms with Crippen LogP contribution in [-0.4, -0.2) is 37.1 Å². The molecular formula is C28H32ClN3O2. The minimum Gasteiger partial charge on any atom is -0.439 e. The molecule has 2 aromatic carbocycles. The zero-order valence-electron chi connectivity index (χ0n) is 20.6. The van der Waals surface area contributed by atoms with E-state index >= 15 is 0 Å². The molecule has 1 unspecified atom stereocenters. The summed E-state index contributed by atoms with van der Waals surface area (Å²) in [6.07, 6.45) is 1.62. The summed E-state index contributed by atoms with van der Waals surface area (Å²) in [7, 11) is 0. The molecule has 3 aromatic rings. The Morgan fingerprint density at radius 2 is 1.44 bits per heavy atom. The first kappa shape index (κ1) is 24.1. The number of aromatic nitrogens is 1. The summed E-state index contributed by atoms with van der Waals surface area (Å²) in [6.45, 7) is 14.2. The molecule has 1 aliphatic heterocycles. The number of nitrogens with zero attached hydrogens (tertiary/aromatic N) is 3. The van der Waals surface area contributed by atoms with Crippen molar-refractivity contribution >= 4 is 28.9 Å². The van der Waals surface area contributed by atoms with Gasteiger partial charge in [-0.3, -0.25) is 0 Å². The van der Waals surface area contributed by atoms with E-state index in [1.807, 2.05) is 24.3 Å². The average Bonchev–Trinajstić information content (AvgIpc) is 3.14. The second kappa shape index (κ2) is 9.67. The molecule has 0 bridgehead atoms. The summed E-state index contributed by atoms with van der Waals surface area (Å²) in [5.41, 5.74) is 4.72. The van der Waals surface area contributed by atoms with Crippen molar-refractivity contribution < 1.29 is 9.53 Å². The Hall–Kier alpha value is -3.05.